The van der Waals surface area contributed by atoms with Gasteiger partial charge in [-0.15, -0.1) is 0 Å². The van der Waals surface area contributed by atoms with Crippen LogP contribution in [0.4, 0.5) is 4.39 Å². The Morgan fingerprint density at radius 2 is 1.87 bits per heavy atom. The minimum Gasteiger partial charge on any atom is -0.369 e. The third-order valence-electron chi connectivity index (χ3n) is 4.26. The summed E-state index contributed by atoms with van der Waals surface area (Å²) in [4.78, 5) is 24.7. The Bertz CT molecular complexity index is 541. The lowest BCUT2D eigenvalue weighted by Crippen LogP contribution is -2.41. The molecule has 1 fully saturated rings. The van der Waals surface area contributed by atoms with Gasteiger partial charge >= 0.3 is 0 Å². The quantitative estimate of drug-likeness (QED) is 0.801. The standard InChI is InChI=1S/C17H24FN3O2/c1-21(10-15(19)22)11-16(23)20-17(12-4-2-3-5-12)13-6-8-14(18)9-7-13/h6-9,12,17H,2-5,10-11H2,1H3,(H2,19,22)(H,20,23)/t17-/m1/s1. The van der Waals surface area contributed by atoms with Crippen LogP contribution in [-0.2, 0) is 9.59 Å². The van der Waals surface area contributed by atoms with Crippen molar-refractivity contribution in [2.75, 3.05) is 20.1 Å². The molecule has 0 aromatic heterocycles. The van der Waals surface area contributed by atoms with Crippen LogP contribution >= 0.6 is 0 Å². The van der Waals surface area contributed by atoms with Gasteiger partial charge in [-0.25, -0.2) is 4.39 Å². The number of benzene rings is 1. The Labute approximate surface area is 136 Å². The maximum Gasteiger partial charge on any atom is 0.234 e. The van der Waals surface area contributed by atoms with Crippen molar-refractivity contribution in [3.63, 3.8) is 0 Å². The summed E-state index contributed by atoms with van der Waals surface area (Å²) in [5.41, 5.74) is 6.05. The minimum absolute atomic E-state index is 0.0397. The van der Waals surface area contributed by atoms with Gasteiger partial charge in [-0.2, -0.15) is 0 Å². The monoisotopic (exact) mass is 321 g/mol. The topological polar surface area (TPSA) is 75.4 Å². The van der Waals surface area contributed by atoms with Crippen LogP contribution in [0.2, 0.25) is 0 Å². The highest BCUT2D eigenvalue weighted by Crippen LogP contribution is 2.35. The summed E-state index contributed by atoms with van der Waals surface area (Å²) in [5.74, 6) is -0.543. The van der Waals surface area contributed by atoms with Crippen molar-refractivity contribution in [1.29, 1.82) is 0 Å². The molecule has 0 unspecified atom stereocenters. The summed E-state index contributed by atoms with van der Waals surface area (Å²) >= 11 is 0. The molecule has 3 N–H and O–H groups in total. The van der Waals surface area contributed by atoms with E-state index in [0.717, 1.165) is 31.2 Å². The molecule has 0 spiro atoms. The highest BCUT2D eigenvalue weighted by atomic mass is 19.1. The van der Waals surface area contributed by atoms with E-state index in [1.54, 1.807) is 24.1 Å². The van der Waals surface area contributed by atoms with Crippen molar-refractivity contribution in [2.24, 2.45) is 11.7 Å². The largest absolute Gasteiger partial charge is 0.369 e. The van der Waals surface area contributed by atoms with Crippen LogP contribution in [0, 0.1) is 11.7 Å². The van der Waals surface area contributed by atoms with E-state index >= 15 is 0 Å². The van der Waals surface area contributed by atoms with Gasteiger partial charge in [-0.05, 0) is 43.5 Å². The van der Waals surface area contributed by atoms with Crippen molar-refractivity contribution in [2.45, 2.75) is 31.7 Å². The molecule has 0 saturated heterocycles. The lowest BCUT2D eigenvalue weighted by Gasteiger charge is -2.26. The highest BCUT2D eigenvalue weighted by Gasteiger charge is 2.28. The van der Waals surface area contributed by atoms with Gasteiger partial charge in [0.15, 0.2) is 0 Å². The number of likely N-dealkylation sites (N-methyl/N-ethyl adjacent to an activating group) is 1. The summed E-state index contributed by atoms with van der Waals surface area (Å²) in [6.07, 6.45) is 4.42. The molecule has 1 atom stereocenters. The van der Waals surface area contributed by atoms with Gasteiger partial charge in [0.05, 0.1) is 19.1 Å². The van der Waals surface area contributed by atoms with E-state index in [9.17, 15) is 14.0 Å². The van der Waals surface area contributed by atoms with E-state index in [2.05, 4.69) is 5.32 Å². The Morgan fingerprint density at radius 3 is 2.43 bits per heavy atom. The molecule has 126 valence electrons. The molecule has 1 aromatic carbocycles. The van der Waals surface area contributed by atoms with Crippen LogP contribution < -0.4 is 11.1 Å². The molecule has 1 aliphatic rings. The van der Waals surface area contributed by atoms with Gasteiger partial charge in [-0.3, -0.25) is 14.5 Å². The Kier molecular flexibility index (Phi) is 6.10. The van der Waals surface area contributed by atoms with Crippen molar-refractivity contribution < 1.29 is 14.0 Å². The SMILES string of the molecule is CN(CC(N)=O)CC(=O)N[C@@H](c1ccc(F)cc1)C1CCCC1. The fraction of sp³-hybridized carbons (Fsp3) is 0.529. The number of nitrogens with two attached hydrogens (primary N) is 1. The number of primary amides is 1. The number of carbonyl (C=O) groups excluding carboxylic acids is 2. The molecule has 5 nitrogen and oxygen atoms in total. The molecule has 1 aromatic rings. The van der Waals surface area contributed by atoms with Crippen molar-refractivity contribution >= 4 is 11.8 Å². The number of carbonyl (C=O) groups is 2. The highest BCUT2D eigenvalue weighted by molar-refractivity contribution is 5.80. The summed E-state index contributed by atoms with van der Waals surface area (Å²) < 4.78 is 13.1. The van der Waals surface area contributed by atoms with Crippen LogP contribution in [0.25, 0.3) is 0 Å². The summed E-state index contributed by atoms with van der Waals surface area (Å²) in [5, 5.41) is 3.04. The fourth-order valence-electron chi connectivity index (χ4n) is 3.22. The molecular formula is C17H24FN3O2. The number of nitrogens with zero attached hydrogens (tertiary/aromatic N) is 1. The number of nitrogens with one attached hydrogen (secondary N) is 1. The number of hydrogen-bond acceptors (Lipinski definition) is 3. The second-order valence-corrected chi connectivity index (χ2v) is 6.28. The van der Waals surface area contributed by atoms with E-state index in [4.69, 9.17) is 5.73 Å². The predicted octanol–water partition coefficient (Wildman–Crippen LogP) is 1.59. The first-order valence-corrected chi connectivity index (χ1v) is 7.97. The number of halogens is 1. The lowest BCUT2D eigenvalue weighted by atomic mass is 9.91. The first-order chi connectivity index (χ1) is 11.0. The fourth-order valence-corrected chi connectivity index (χ4v) is 3.22. The normalized spacial score (nSPS) is 16.5. The van der Waals surface area contributed by atoms with Crippen LogP contribution in [0.15, 0.2) is 24.3 Å². The molecule has 0 radical (unpaired) electrons. The second kappa shape index (κ2) is 8.06. The van der Waals surface area contributed by atoms with Crippen LogP contribution in [-0.4, -0.2) is 36.9 Å². The third-order valence-corrected chi connectivity index (χ3v) is 4.26. The molecule has 2 rings (SSSR count). The van der Waals surface area contributed by atoms with Crippen LogP contribution in [0.3, 0.4) is 0 Å². The smallest absolute Gasteiger partial charge is 0.234 e. The average Bonchev–Trinajstić information content (AvgIpc) is 2.98. The summed E-state index contributed by atoms with van der Waals surface area (Å²) in [7, 11) is 1.67. The molecular weight excluding hydrogens is 297 g/mol. The molecule has 0 bridgehead atoms. The van der Waals surface area contributed by atoms with Gasteiger partial charge < -0.3 is 11.1 Å². The summed E-state index contributed by atoms with van der Waals surface area (Å²) in [6, 6.07) is 6.18. The molecule has 1 aliphatic carbocycles. The first-order valence-electron chi connectivity index (χ1n) is 7.97. The van der Waals surface area contributed by atoms with Gasteiger partial charge in [0.25, 0.3) is 0 Å². The number of hydrogen-bond donors (Lipinski definition) is 2. The molecule has 0 aliphatic heterocycles. The predicted molar refractivity (Wildman–Crippen MR) is 85.9 cm³/mol. The third kappa shape index (κ3) is 5.32. The van der Waals surface area contributed by atoms with Crippen molar-refractivity contribution in [3.8, 4) is 0 Å². The van der Waals surface area contributed by atoms with Gasteiger partial charge in [0, 0.05) is 0 Å². The van der Waals surface area contributed by atoms with Crippen molar-refractivity contribution in [3.05, 3.63) is 35.6 Å². The molecule has 0 heterocycles. The van der Waals surface area contributed by atoms with E-state index in [1.807, 2.05) is 0 Å². The van der Waals surface area contributed by atoms with E-state index in [0.29, 0.717) is 5.92 Å². The molecule has 6 heteroatoms. The van der Waals surface area contributed by atoms with Gasteiger partial charge in [-0.1, -0.05) is 25.0 Å². The van der Waals surface area contributed by atoms with Crippen LogP contribution in [0.1, 0.15) is 37.3 Å². The Balaban J connectivity index is 2.04. The lowest BCUT2D eigenvalue weighted by molar-refractivity contribution is -0.124. The average molecular weight is 321 g/mol. The Morgan fingerprint density at radius 1 is 1.26 bits per heavy atom. The van der Waals surface area contributed by atoms with E-state index < -0.39 is 5.91 Å². The summed E-state index contributed by atoms with van der Waals surface area (Å²) in [6.45, 7) is 0.144. The minimum atomic E-state index is -0.467. The zero-order valence-electron chi connectivity index (χ0n) is 13.4. The number of amides is 2. The van der Waals surface area contributed by atoms with Gasteiger partial charge in [0.1, 0.15) is 5.82 Å². The molecule has 1 saturated carbocycles. The zero-order valence-corrected chi connectivity index (χ0v) is 13.4. The number of rotatable bonds is 7. The van der Waals surface area contributed by atoms with Gasteiger partial charge in [0.2, 0.25) is 11.8 Å². The van der Waals surface area contributed by atoms with Crippen LogP contribution in [0.5, 0.6) is 0 Å². The van der Waals surface area contributed by atoms with Crippen molar-refractivity contribution in [1.82, 2.24) is 10.2 Å². The maximum atomic E-state index is 13.1. The first kappa shape index (κ1) is 17.4. The maximum absolute atomic E-state index is 13.1. The van der Waals surface area contributed by atoms with E-state index in [1.165, 1.54) is 12.1 Å². The molecule has 23 heavy (non-hydrogen) atoms. The molecule has 2 amide bonds. The Hall–Kier alpha value is -1.95. The second-order valence-electron chi connectivity index (χ2n) is 6.28. The zero-order chi connectivity index (χ0) is 16.8. The van der Waals surface area contributed by atoms with E-state index in [-0.39, 0.29) is 30.9 Å².